The van der Waals surface area contributed by atoms with Crippen LogP contribution in [0.3, 0.4) is 0 Å². The van der Waals surface area contributed by atoms with Gasteiger partial charge >= 0.3 is 0 Å². The zero-order valence-electron chi connectivity index (χ0n) is 34.4. The van der Waals surface area contributed by atoms with Crippen molar-refractivity contribution in [1.29, 1.82) is 0 Å². The van der Waals surface area contributed by atoms with Gasteiger partial charge in [-0.05, 0) is 55.2 Å². The molecule has 0 aliphatic carbocycles. The molecule has 4 rings (SSSR count). The third kappa shape index (κ3) is 15.6. The van der Waals surface area contributed by atoms with Crippen molar-refractivity contribution in [2.75, 3.05) is 6.54 Å². The molecule has 6 amide bonds. The number of aromatic amines is 1. The third-order valence-corrected chi connectivity index (χ3v) is 10.1. The van der Waals surface area contributed by atoms with Gasteiger partial charge in [-0.15, -0.1) is 0 Å². The van der Waals surface area contributed by atoms with E-state index in [0.717, 1.165) is 17.5 Å². The van der Waals surface area contributed by atoms with Crippen molar-refractivity contribution in [3.05, 3.63) is 90.0 Å². The first kappa shape index (κ1) is 46.1. The Balaban J connectivity index is 1.47. The van der Waals surface area contributed by atoms with Crippen LogP contribution in [0.25, 0.3) is 0 Å². The maximum atomic E-state index is 14.1. The second kappa shape index (κ2) is 23.1. The van der Waals surface area contributed by atoms with E-state index < -0.39 is 78.3 Å². The first-order valence-electron chi connectivity index (χ1n) is 20.4. The van der Waals surface area contributed by atoms with E-state index in [0.29, 0.717) is 18.7 Å². The summed E-state index contributed by atoms with van der Waals surface area (Å²) in [6, 6.07) is 12.8. The van der Waals surface area contributed by atoms with Crippen LogP contribution in [0.4, 0.5) is 0 Å². The summed E-state index contributed by atoms with van der Waals surface area (Å²) in [4.78, 5) is 87.6. The zero-order chi connectivity index (χ0) is 42.9. The highest BCUT2D eigenvalue weighted by Crippen LogP contribution is 2.15. The van der Waals surface area contributed by atoms with E-state index in [2.05, 4.69) is 41.9 Å². The van der Waals surface area contributed by atoms with Crippen LogP contribution >= 0.6 is 0 Å². The Labute approximate surface area is 346 Å². The Kier molecular flexibility index (Phi) is 18.0. The molecule has 1 aliphatic rings. The van der Waals surface area contributed by atoms with Crippen LogP contribution in [0.1, 0.15) is 76.6 Å². The van der Waals surface area contributed by atoms with Gasteiger partial charge in [0.05, 0.1) is 30.9 Å². The van der Waals surface area contributed by atoms with Crippen molar-refractivity contribution in [3.8, 4) is 0 Å². The molecule has 1 aliphatic heterocycles. The highest BCUT2D eigenvalue weighted by molar-refractivity contribution is 5.94. The van der Waals surface area contributed by atoms with Crippen LogP contribution in [0.15, 0.2) is 73.2 Å². The fourth-order valence-corrected chi connectivity index (χ4v) is 7.07. The minimum atomic E-state index is -1.38. The molecular weight excluding hydrogens is 755 g/mol. The number of aliphatic hydroxyl groups is 1. The molecule has 1 saturated heterocycles. The number of imidazole rings is 1. The summed E-state index contributed by atoms with van der Waals surface area (Å²) >= 11 is 0. The van der Waals surface area contributed by atoms with E-state index in [1.54, 1.807) is 0 Å². The van der Waals surface area contributed by atoms with Crippen LogP contribution in [0.5, 0.6) is 0 Å². The predicted octanol–water partition coefficient (Wildman–Crippen LogP) is 0.942. The van der Waals surface area contributed by atoms with Gasteiger partial charge < -0.3 is 47.7 Å². The van der Waals surface area contributed by atoms with Crippen molar-refractivity contribution >= 4 is 35.4 Å². The standard InChI is InChI=1S/C43H61N9O7/c1-26(2)18-32(37(53)23-38(54)48-34(19-27(3)4)41(57)50-33(39(44)55)20-28-12-7-5-8-13-28)49-43(59)36(22-30-24-45-25-47-30)52-42(58)35(21-29-14-9-6-10-15-29)51-40(56)31-16-11-17-46-31/h5-10,12-15,24-27,31-37,46,53H,11,16-23H2,1-4H3,(H2,44,55)(H,45,47)(H,48,54)(H,49,59)(H,50,57)(H,51,56)(H,52,58)/t31-,32?,33-,34-,35-,36-,37?/m0/s1. The van der Waals surface area contributed by atoms with Crippen molar-refractivity contribution in [2.24, 2.45) is 17.6 Å². The number of carbonyl (C=O) groups is 6. The highest BCUT2D eigenvalue weighted by Gasteiger charge is 2.34. The summed E-state index contributed by atoms with van der Waals surface area (Å²) in [6.45, 7) is 8.27. The maximum absolute atomic E-state index is 14.1. The normalized spacial score (nSPS) is 16.9. The number of rotatable bonds is 23. The van der Waals surface area contributed by atoms with E-state index in [-0.39, 0.29) is 49.8 Å². The molecule has 1 aromatic heterocycles. The van der Waals surface area contributed by atoms with Crippen molar-refractivity contribution in [2.45, 2.75) is 121 Å². The molecule has 16 heteroatoms. The number of benzene rings is 2. The number of hydrogen-bond donors (Lipinski definition) is 9. The van der Waals surface area contributed by atoms with Gasteiger partial charge in [-0.1, -0.05) is 88.4 Å². The molecule has 59 heavy (non-hydrogen) atoms. The number of amides is 6. The number of aromatic nitrogens is 2. The summed E-state index contributed by atoms with van der Waals surface area (Å²) in [5.74, 6) is -3.50. The summed E-state index contributed by atoms with van der Waals surface area (Å²) in [5.41, 5.74) is 7.80. The molecule has 0 bridgehead atoms. The number of nitrogens with two attached hydrogens (primary N) is 1. The molecule has 0 saturated carbocycles. The number of hydrogen-bond acceptors (Lipinski definition) is 9. The predicted molar refractivity (Wildman–Crippen MR) is 222 cm³/mol. The Bertz CT molecular complexity index is 1800. The second-order valence-corrected chi connectivity index (χ2v) is 16.2. The molecule has 2 unspecified atom stereocenters. The zero-order valence-corrected chi connectivity index (χ0v) is 34.4. The number of H-pyrrole nitrogens is 1. The van der Waals surface area contributed by atoms with Gasteiger partial charge in [-0.25, -0.2) is 4.98 Å². The Morgan fingerprint density at radius 1 is 0.729 bits per heavy atom. The van der Waals surface area contributed by atoms with E-state index in [9.17, 15) is 33.9 Å². The molecule has 0 radical (unpaired) electrons. The van der Waals surface area contributed by atoms with E-state index in [1.807, 2.05) is 88.4 Å². The van der Waals surface area contributed by atoms with Gasteiger partial charge in [-0.3, -0.25) is 28.8 Å². The largest absolute Gasteiger partial charge is 0.390 e. The summed E-state index contributed by atoms with van der Waals surface area (Å²) in [5, 5.41) is 28.6. The second-order valence-electron chi connectivity index (χ2n) is 16.2. The molecule has 320 valence electrons. The Morgan fingerprint density at radius 2 is 1.29 bits per heavy atom. The lowest BCUT2D eigenvalue weighted by molar-refractivity contribution is -0.134. The third-order valence-electron chi connectivity index (χ3n) is 10.1. The molecule has 1 fully saturated rings. The summed E-state index contributed by atoms with van der Waals surface area (Å²) < 4.78 is 0. The Morgan fingerprint density at radius 3 is 1.83 bits per heavy atom. The van der Waals surface area contributed by atoms with Gasteiger partial charge in [0.25, 0.3) is 0 Å². The van der Waals surface area contributed by atoms with Crippen LogP contribution in [0, 0.1) is 11.8 Å². The summed E-state index contributed by atoms with van der Waals surface area (Å²) in [7, 11) is 0. The molecule has 7 atom stereocenters. The number of nitrogens with zero attached hydrogens (tertiary/aromatic N) is 1. The number of nitrogens with one attached hydrogen (secondary N) is 7. The van der Waals surface area contributed by atoms with Crippen molar-refractivity contribution < 1.29 is 33.9 Å². The Hall–Kier alpha value is -5.61. The molecule has 3 aromatic rings. The molecule has 2 aromatic carbocycles. The molecule has 2 heterocycles. The average Bonchev–Trinajstić information content (AvgIpc) is 3.93. The lowest BCUT2D eigenvalue weighted by Gasteiger charge is -2.29. The van der Waals surface area contributed by atoms with Gasteiger partial charge in [-0.2, -0.15) is 0 Å². The molecular formula is C43H61N9O7. The first-order chi connectivity index (χ1) is 28.2. The van der Waals surface area contributed by atoms with Gasteiger partial charge in [0.2, 0.25) is 35.4 Å². The lowest BCUT2D eigenvalue weighted by Crippen LogP contribution is -2.58. The number of carbonyl (C=O) groups excluding carboxylic acids is 6. The smallest absolute Gasteiger partial charge is 0.243 e. The number of aliphatic hydroxyl groups excluding tert-OH is 1. The van der Waals surface area contributed by atoms with Crippen LogP contribution < -0.4 is 37.6 Å². The minimum Gasteiger partial charge on any atom is -0.390 e. The first-order valence-corrected chi connectivity index (χ1v) is 20.4. The van der Waals surface area contributed by atoms with Crippen molar-refractivity contribution in [1.82, 2.24) is 41.9 Å². The summed E-state index contributed by atoms with van der Waals surface area (Å²) in [6.07, 6.45) is 3.51. The number of primary amides is 1. The minimum absolute atomic E-state index is 0.0152. The molecule has 16 nitrogen and oxygen atoms in total. The fourth-order valence-electron chi connectivity index (χ4n) is 7.07. The van der Waals surface area contributed by atoms with Crippen molar-refractivity contribution in [3.63, 3.8) is 0 Å². The monoisotopic (exact) mass is 815 g/mol. The molecule has 0 spiro atoms. The topological polar surface area (TPSA) is 250 Å². The van der Waals surface area contributed by atoms with Crippen LogP contribution in [-0.2, 0) is 48.0 Å². The average molecular weight is 816 g/mol. The van der Waals surface area contributed by atoms with Gasteiger partial charge in [0.1, 0.15) is 24.2 Å². The van der Waals surface area contributed by atoms with E-state index in [1.165, 1.54) is 12.5 Å². The van der Waals surface area contributed by atoms with Gasteiger partial charge in [0, 0.05) is 31.2 Å². The maximum Gasteiger partial charge on any atom is 0.243 e. The SMILES string of the molecule is CC(C)CC(NC(=O)[C@H](Cc1cnc[nH]1)NC(=O)[C@H](Cc1ccccc1)NC(=O)[C@@H]1CCCN1)C(O)CC(=O)N[C@@H](CC(C)C)C(=O)N[C@@H](Cc1ccccc1)C(N)=O. The van der Waals surface area contributed by atoms with Crippen LogP contribution in [-0.4, -0.2) is 99.4 Å². The highest BCUT2D eigenvalue weighted by atomic mass is 16.3. The molecule has 10 N–H and O–H groups in total. The van der Waals surface area contributed by atoms with E-state index in [4.69, 9.17) is 5.73 Å². The van der Waals surface area contributed by atoms with Crippen LogP contribution in [0.2, 0.25) is 0 Å². The van der Waals surface area contributed by atoms with Gasteiger partial charge in [0.15, 0.2) is 0 Å². The lowest BCUT2D eigenvalue weighted by atomic mass is 9.95. The van der Waals surface area contributed by atoms with E-state index >= 15 is 0 Å². The quantitative estimate of drug-likeness (QED) is 0.0660. The fraction of sp³-hybridized carbons (Fsp3) is 0.512.